The largest absolute Gasteiger partial charge is 0.326 e. The van der Waals surface area contributed by atoms with Crippen molar-refractivity contribution in [1.29, 1.82) is 0 Å². The highest BCUT2D eigenvalue weighted by Gasteiger charge is 2.04. The lowest BCUT2D eigenvalue weighted by atomic mass is 10.2. The van der Waals surface area contributed by atoms with E-state index in [0.29, 0.717) is 12.1 Å². The lowest BCUT2D eigenvalue weighted by molar-refractivity contribution is 0.578. The van der Waals surface area contributed by atoms with Crippen molar-refractivity contribution < 1.29 is 8.78 Å². The van der Waals surface area contributed by atoms with Crippen LogP contribution in [0.25, 0.3) is 11.0 Å². The van der Waals surface area contributed by atoms with Crippen molar-refractivity contribution in [3.05, 3.63) is 66.0 Å². The second-order valence-corrected chi connectivity index (χ2v) is 4.14. The van der Waals surface area contributed by atoms with Crippen molar-refractivity contribution in [3.63, 3.8) is 0 Å². The van der Waals surface area contributed by atoms with Crippen LogP contribution in [0.4, 0.5) is 8.78 Å². The normalized spacial score (nSPS) is 11.0. The quantitative estimate of drug-likeness (QED) is 0.675. The third-order valence-corrected chi connectivity index (χ3v) is 2.80. The third kappa shape index (κ3) is 1.97. The van der Waals surface area contributed by atoms with Gasteiger partial charge in [0.2, 0.25) is 0 Å². The minimum atomic E-state index is -0.561. The maximum atomic E-state index is 13.1. The van der Waals surface area contributed by atoms with Crippen LogP contribution in [-0.2, 0) is 6.54 Å². The Balaban J connectivity index is 2.01. The molecule has 0 amide bonds. The van der Waals surface area contributed by atoms with E-state index in [-0.39, 0.29) is 0 Å². The fraction of sp³-hybridized carbons (Fsp3) is 0.0714. The fourth-order valence-corrected chi connectivity index (χ4v) is 2.04. The van der Waals surface area contributed by atoms with Gasteiger partial charge in [0.1, 0.15) is 11.6 Å². The molecular weight excluding hydrogens is 234 g/mol. The van der Waals surface area contributed by atoms with Crippen LogP contribution in [0.15, 0.2) is 48.8 Å². The van der Waals surface area contributed by atoms with Gasteiger partial charge in [-0.2, -0.15) is 0 Å². The molecule has 4 heteroatoms. The molecule has 18 heavy (non-hydrogen) atoms. The molecule has 2 nitrogen and oxygen atoms in total. The molecule has 0 fully saturated rings. The Kier molecular flexibility index (Phi) is 2.55. The van der Waals surface area contributed by atoms with E-state index >= 15 is 0 Å². The number of benzene rings is 2. The summed E-state index contributed by atoms with van der Waals surface area (Å²) in [5.41, 5.74) is 2.40. The lowest BCUT2D eigenvalue weighted by Crippen LogP contribution is -1.99. The summed E-state index contributed by atoms with van der Waals surface area (Å²) in [4.78, 5) is 4.24. The van der Waals surface area contributed by atoms with Gasteiger partial charge < -0.3 is 4.57 Å². The third-order valence-electron chi connectivity index (χ3n) is 2.80. The minimum absolute atomic E-state index is 0.398. The molecule has 0 bridgehead atoms. The Labute approximate surface area is 103 Å². The van der Waals surface area contributed by atoms with E-state index in [9.17, 15) is 8.78 Å². The molecule has 3 rings (SSSR count). The van der Waals surface area contributed by atoms with Crippen LogP contribution in [0.2, 0.25) is 0 Å². The molecule has 0 unspecified atom stereocenters. The van der Waals surface area contributed by atoms with Gasteiger partial charge in [-0.3, -0.25) is 0 Å². The maximum absolute atomic E-state index is 13.1. The maximum Gasteiger partial charge on any atom is 0.126 e. The van der Waals surface area contributed by atoms with Crippen molar-refractivity contribution in [1.82, 2.24) is 9.55 Å². The van der Waals surface area contributed by atoms with Gasteiger partial charge in [-0.25, -0.2) is 13.8 Å². The van der Waals surface area contributed by atoms with Crippen molar-refractivity contribution in [2.24, 2.45) is 0 Å². The van der Waals surface area contributed by atoms with Crippen LogP contribution in [0.1, 0.15) is 5.56 Å². The highest BCUT2D eigenvalue weighted by atomic mass is 19.1. The Morgan fingerprint density at radius 2 is 1.72 bits per heavy atom. The van der Waals surface area contributed by atoms with Gasteiger partial charge in [-0.15, -0.1) is 0 Å². The monoisotopic (exact) mass is 244 g/mol. The van der Waals surface area contributed by atoms with Gasteiger partial charge in [0, 0.05) is 12.6 Å². The molecule has 0 aliphatic heterocycles. The summed E-state index contributed by atoms with van der Waals surface area (Å²) in [6, 6.07) is 11.2. The summed E-state index contributed by atoms with van der Waals surface area (Å²) < 4.78 is 28.1. The summed E-state index contributed by atoms with van der Waals surface area (Å²) in [5.74, 6) is -1.12. The first-order chi connectivity index (χ1) is 8.72. The van der Waals surface area contributed by atoms with E-state index < -0.39 is 11.6 Å². The van der Waals surface area contributed by atoms with Gasteiger partial charge in [0.15, 0.2) is 0 Å². The smallest absolute Gasteiger partial charge is 0.126 e. The average molecular weight is 244 g/mol. The Bertz CT molecular complexity index is 684. The molecule has 1 heterocycles. The highest BCUT2D eigenvalue weighted by molar-refractivity contribution is 5.75. The van der Waals surface area contributed by atoms with Crippen LogP contribution in [0, 0.1) is 11.6 Å². The number of halogens is 2. The number of fused-ring (bicyclic) bond motifs is 1. The topological polar surface area (TPSA) is 17.8 Å². The molecule has 1 aromatic heterocycles. The van der Waals surface area contributed by atoms with Crippen LogP contribution >= 0.6 is 0 Å². The first-order valence-electron chi connectivity index (χ1n) is 5.57. The molecule has 0 aliphatic carbocycles. The van der Waals surface area contributed by atoms with E-state index in [1.54, 1.807) is 6.33 Å². The molecule has 0 saturated heterocycles. The van der Waals surface area contributed by atoms with E-state index in [2.05, 4.69) is 4.98 Å². The number of hydrogen-bond donors (Lipinski definition) is 0. The first-order valence-corrected chi connectivity index (χ1v) is 5.57. The van der Waals surface area contributed by atoms with E-state index in [0.717, 1.165) is 17.1 Å². The summed E-state index contributed by atoms with van der Waals surface area (Å²) in [6.07, 6.45) is 1.67. The van der Waals surface area contributed by atoms with Crippen LogP contribution in [-0.4, -0.2) is 9.55 Å². The molecule has 0 N–H and O–H groups in total. The van der Waals surface area contributed by atoms with Gasteiger partial charge in [0.25, 0.3) is 0 Å². The van der Waals surface area contributed by atoms with Crippen LogP contribution < -0.4 is 0 Å². The van der Waals surface area contributed by atoms with Gasteiger partial charge in [-0.1, -0.05) is 12.1 Å². The first kappa shape index (κ1) is 10.9. The Morgan fingerprint density at radius 1 is 1.00 bits per heavy atom. The SMILES string of the molecule is Fc1cc(F)cc(Cn2cnc3ccccc32)c1. The number of para-hydroxylation sites is 2. The van der Waals surface area contributed by atoms with Crippen LogP contribution in [0.5, 0.6) is 0 Å². The van der Waals surface area contributed by atoms with Crippen molar-refractivity contribution in [2.45, 2.75) is 6.54 Å². The summed E-state index contributed by atoms with van der Waals surface area (Å²) in [5, 5.41) is 0. The fourth-order valence-electron chi connectivity index (χ4n) is 2.04. The Hall–Kier alpha value is -2.23. The van der Waals surface area contributed by atoms with Crippen molar-refractivity contribution >= 4 is 11.0 Å². The zero-order valence-electron chi connectivity index (χ0n) is 9.48. The van der Waals surface area contributed by atoms with E-state index in [4.69, 9.17) is 0 Å². The molecule has 0 atom stereocenters. The molecular formula is C14H10F2N2. The zero-order valence-corrected chi connectivity index (χ0v) is 9.48. The predicted octanol–water partition coefficient (Wildman–Crippen LogP) is 3.36. The van der Waals surface area contributed by atoms with Gasteiger partial charge in [-0.05, 0) is 29.8 Å². The molecule has 2 aromatic carbocycles. The van der Waals surface area contributed by atoms with Gasteiger partial charge in [0.05, 0.1) is 17.4 Å². The minimum Gasteiger partial charge on any atom is -0.326 e. The number of imidazole rings is 1. The van der Waals surface area contributed by atoms with Gasteiger partial charge >= 0.3 is 0 Å². The molecule has 0 radical (unpaired) electrons. The number of rotatable bonds is 2. The average Bonchev–Trinajstić information content (AvgIpc) is 2.72. The van der Waals surface area contributed by atoms with Crippen LogP contribution in [0.3, 0.4) is 0 Å². The van der Waals surface area contributed by atoms with E-state index in [1.807, 2.05) is 28.8 Å². The molecule has 0 saturated carbocycles. The molecule has 0 aliphatic rings. The lowest BCUT2D eigenvalue weighted by Gasteiger charge is -2.05. The zero-order chi connectivity index (χ0) is 12.5. The molecule has 90 valence electrons. The standard InChI is InChI=1S/C14H10F2N2/c15-11-5-10(6-12(16)7-11)8-18-9-17-13-3-1-2-4-14(13)18/h1-7,9H,8H2. The number of aromatic nitrogens is 2. The molecule has 3 aromatic rings. The summed E-state index contributed by atoms with van der Waals surface area (Å²) in [6.45, 7) is 0.398. The Morgan fingerprint density at radius 3 is 2.50 bits per heavy atom. The summed E-state index contributed by atoms with van der Waals surface area (Å²) in [7, 11) is 0. The number of nitrogens with zero attached hydrogens (tertiary/aromatic N) is 2. The van der Waals surface area contributed by atoms with Crippen molar-refractivity contribution in [3.8, 4) is 0 Å². The summed E-state index contributed by atoms with van der Waals surface area (Å²) >= 11 is 0. The number of hydrogen-bond acceptors (Lipinski definition) is 1. The molecule has 0 spiro atoms. The second kappa shape index (κ2) is 4.22. The predicted molar refractivity (Wildman–Crippen MR) is 65.2 cm³/mol. The highest BCUT2D eigenvalue weighted by Crippen LogP contribution is 2.15. The second-order valence-electron chi connectivity index (χ2n) is 4.14. The van der Waals surface area contributed by atoms with E-state index in [1.165, 1.54) is 12.1 Å². The van der Waals surface area contributed by atoms with Crippen molar-refractivity contribution in [2.75, 3.05) is 0 Å².